The summed E-state index contributed by atoms with van der Waals surface area (Å²) in [6.07, 6.45) is 3.43. The summed E-state index contributed by atoms with van der Waals surface area (Å²) in [6, 6.07) is 9.98. The van der Waals surface area contributed by atoms with Crippen LogP contribution in [-0.4, -0.2) is 27.4 Å². The van der Waals surface area contributed by atoms with Crippen molar-refractivity contribution in [2.24, 2.45) is 0 Å². The first-order valence-electron chi connectivity index (χ1n) is 8.55. The molecule has 0 radical (unpaired) electrons. The number of fused-ring (bicyclic) bond motifs is 1. The zero-order valence-electron chi connectivity index (χ0n) is 14.2. The second kappa shape index (κ2) is 8.11. The first kappa shape index (κ1) is 17.4. The van der Waals surface area contributed by atoms with Gasteiger partial charge in [0.15, 0.2) is 5.11 Å². The summed E-state index contributed by atoms with van der Waals surface area (Å²) in [5.41, 5.74) is 3.01. The zero-order chi connectivity index (χ0) is 17.6. The predicted molar refractivity (Wildman–Crippen MR) is 101 cm³/mol. The van der Waals surface area contributed by atoms with E-state index in [0.717, 1.165) is 42.6 Å². The number of hydrogen-bond donors (Lipinski definition) is 2. The number of nitrogens with one attached hydrogen (secondary N) is 2. The number of carbonyl (C=O) groups is 1. The van der Waals surface area contributed by atoms with Gasteiger partial charge in [0.25, 0.3) is 0 Å². The van der Waals surface area contributed by atoms with Gasteiger partial charge >= 0.3 is 6.09 Å². The monoisotopic (exact) mass is 358 g/mol. The normalized spacial score (nSPS) is 13.0. The van der Waals surface area contributed by atoms with E-state index < -0.39 is 6.09 Å². The molecule has 25 heavy (non-hydrogen) atoms. The number of imidazole rings is 1. The number of carbonyl (C=O) groups excluding carboxylic acids is 1. The SMILES string of the molecule is CCOC(=O)n1c(NC(=S)NCc2ccccc2)nc2c1CCCC2. The number of aromatic nitrogens is 2. The molecule has 2 N–H and O–H groups in total. The molecule has 0 bridgehead atoms. The van der Waals surface area contributed by atoms with Crippen molar-refractivity contribution in [1.82, 2.24) is 14.9 Å². The Balaban J connectivity index is 1.73. The highest BCUT2D eigenvalue weighted by Gasteiger charge is 2.25. The first-order chi connectivity index (χ1) is 12.2. The lowest BCUT2D eigenvalue weighted by atomic mass is 10.0. The van der Waals surface area contributed by atoms with Gasteiger partial charge in [-0.1, -0.05) is 30.3 Å². The van der Waals surface area contributed by atoms with E-state index in [1.807, 2.05) is 30.3 Å². The van der Waals surface area contributed by atoms with Gasteiger partial charge < -0.3 is 15.4 Å². The lowest BCUT2D eigenvalue weighted by Gasteiger charge is -2.14. The molecule has 2 aromatic rings. The van der Waals surface area contributed by atoms with Crippen molar-refractivity contribution in [3.05, 3.63) is 47.3 Å². The van der Waals surface area contributed by atoms with Crippen LogP contribution in [0.4, 0.5) is 10.7 Å². The highest BCUT2D eigenvalue weighted by Crippen LogP contribution is 2.25. The van der Waals surface area contributed by atoms with E-state index >= 15 is 0 Å². The van der Waals surface area contributed by atoms with E-state index in [0.29, 0.717) is 24.2 Å². The van der Waals surface area contributed by atoms with Crippen LogP contribution in [0.5, 0.6) is 0 Å². The lowest BCUT2D eigenvalue weighted by Crippen LogP contribution is -2.30. The third-order valence-electron chi connectivity index (χ3n) is 4.10. The van der Waals surface area contributed by atoms with Gasteiger partial charge in [-0.2, -0.15) is 0 Å². The number of nitrogens with zero attached hydrogens (tertiary/aromatic N) is 2. The summed E-state index contributed by atoms with van der Waals surface area (Å²) in [5.74, 6) is 0.427. The number of hydrogen-bond acceptors (Lipinski definition) is 4. The van der Waals surface area contributed by atoms with Crippen LogP contribution in [0.3, 0.4) is 0 Å². The fraction of sp³-hybridized carbons (Fsp3) is 0.389. The molecule has 0 amide bonds. The van der Waals surface area contributed by atoms with E-state index in [1.165, 1.54) is 4.57 Å². The molecule has 0 saturated heterocycles. The minimum atomic E-state index is -0.411. The summed E-state index contributed by atoms with van der Waals surface area (Å²) >= 11 is 5.36. The quantitative estimate of drug-likeness (QED) is 0.818. The number of rotatable bonds is 4. The van der Waals surface area contributed by atoms with Gasteiger partial charge in [-0.3, -0.25) is 0 Å². The van der Waals surface area contributed by atoms with Crippen molar-refractivity contribution >= 4 is 29.4 Å². The highest BCUT2D eigenvalue weighted by atomic mass is 32.1. The zero-order valence-corrected chi connectivity index (χ0v) is 15.1. The van der Waals surface area contributed by atoms with E-state index in [2.05, 4.69) is 15.6 Å². The van der Waals surface area contributed by atoms with Gasteiger partial charge in [-0.05, 0) is 50.4 Å². The number of thiocarbonyl (C=S) groups is 1. The topological polar surface area (TPSA) is 68.2 Å². The fourth-order valence-electron chi connectivity index (χ4n) is 2.93. The van der Waals surface area contributed by atoms with Gasteiger partial charge in [0.1, 0.15) is 0 Å². The molecule has 1 aromatic carbocycles. The van der Waals surface area contributed by atoms with Crippen LogP contribution >= 0.6 is 12.2 Å². The standard InChI is InChI=1S/C18H22N4O2S/c1-2-24-18(23)22-15-11-7-6-10-14(15)20-16(22)21-17(25)19-12-13-8-4-3-5-9-13/h3-5,8-9H,2,6-7,10-12H2,1H3,(H2,19,20,21,25). The molecule has 0 unspecified atom stereocenters. The Morgan fingerprint density at radius 2 is 2.04 bits per heavy atom. The summed E-state index contributed by atoms with van der Waals surface area (Å²) in [6.45, 7) is 2.72. The summed E-state index contributed by atoms with van der Waals surface area (Å²) in [7, 11) is 0. The molecule has 6 nitrogen and oxygen atoms in total. The van der Waals surface area contributed by atoms with Crippen LogP contribution in [0.2, 0.25) is 0 Å². The van der Waals surface area contributed by atoms with Crippen LogP contribution in [0.15, 0.2) is 30.3 Å². The second-order valence-corrected chi connectivity index (χ2v) is 6.27. The smallest absolute Gasteiger partial charge is 0.421 e. The van der Waals surface area contributed by atoms with E-state index in [-0.39, 0.29) is 0 Å². The largest absolute Gasteiger partial charge is 0.449 e. The van der Waals surface area contributed by atoms with Gasteiger partial charge in [0, 0.05) is 6.54 Å². The number of benzene rings is 1. The molecule has 1 aromatic heterocycles. The first-order valence-corrected chi connectivity index (χ1v) is 8.96. The van der Waals surface area contributed by atoms with Gasteiger partial charge in [-0.25, -0.2) is 14.3 Å². The summed E-state index contributed by atoms with van der Waals surface area (Å²) < 4.78 is 6.71. The van der Waals surface area contributed by atoms with Crippen molar-refractivity contribution in [2.75, 3.05) is 11.9 Å². The molecule has 1 aliphatic carbocycles. The maximum absolute atomic E-state index is 12.4. The minimum Gasteiger partial charge on any atom is -0.449 e. The van der Waals surface area contributed by atoms with Crippen LogP contribution in [-0.2, 0) is 24.1 Å². The Morgan fingerprint density at radius 3 is 2.80 bits per heavy atom. The fourth-order valence-corrected chi connectivity index (χ4v) is 3.10. The molecule has 0 spiro atoms. The molecule has 132 valence electrons. The van der Waals surface area contributed by atoms with Gasteiger partial charge in [0.2, 0.25) is 5.95 Å². The maximum Gasteiger partial charge on any atom is 0.421 e. The van der Waals surface area contributed by atoms with Crippen molar-refractivity contribution in [3.63, 3.8) is 0 Å². The van der Waals surface area contributed by atoms with Crippen molar-refractivity contribution in [2.45, 2.75) is 39.2 Å². The summed E-state index contributed by atoms with van der Waals surface area (Å²) in [5, 5.41) is 6.62. The second-order valence-electron chi connectivity index (χ2n) is 5.86. The molecule has 0 saturated carbocycles. The number of aryl methyl sites for hydroxylation is 1. The Kier molecular flexibility index (Phi) is 5.65. The Morgan fingerprint density at radius 1 is 1.28 bits per heavy atom. The van der Waals surface area contributed by atoms with Gasteiger partial charge in [0.05, 0.1) is 18.0 Å². The molecule has 0 fully saturated rings. The Labute approximate surface area is 152 Å². The molecule has 0 atom stereocenters. The minimum absolute atomic E-state index is 0.321. The molecule has 0 aliphatic heterocycles. The maximum atomic E-state index is 12.4. The Bertz CT molecular complexity index is 758. The van der Waals surface area contributed by atoms with E-state index in [1.54, 1.807) is 6.92 Å². The van der Waals surface area contributed by atoms with Crippen molar-refractivity contribution in [1.29, 1.82) is 0 Å². The van der Waals surface area contributed by atoms with Crippen LogP contribution in [0.1, 0.15) is 36.7 Å². The molecule has 1 heterocycles. The molecule has 3 rings (SSSR count). The molecule has 7 heteroatoms. The third-order valence-corrected chi connectivity index (χ3v) is 4.35. The molecule has 1 aliphatic rings. The summed E-state index contributed by atoms with van der Waals surface area (Å²) in [4.78, 5) is 16.9. The van der Waals surface area contributed by atoms with Crippen LogP contribution in [0.25, 0.3) is 0 Å². The Hall–Kier alpha value is -2.41. The van der Waals surface area contributed by atoms with E-state index in [9.17, 15) is 4.79 Å². The highest BCUT2D eigenvalue weighted by molar-refractivity contribution is 7.80. The number of anilines is 1. The predicted octanol–water partition coefficient (Wildman–Crippen LogP) is 3.25. The molecular formula is C18H22N4O2S. The van der Waals surface area contributed by atoms with Crippen molar-refractivity contribution < 1.29 is 9.53 Å². The lowest BCUT2D eigenvalue weighted by molar-refractivity contribution is 0.153. The molecular weight excluding hydrogens is 336 g/mol. The van der Waals surface area contributed by atoms with E-state index in [4.69, 9.17) is 17.0 Å². The average molecular weight is 358 g/mol. The number of ether oxygens (including phenoxy) is 1. The van der Waals surface area contributed by atoms with Crippen LogP contribution in [0, 0.1) is 0 Å². The third kappa shape index (κ3) is 4.17. The average Bonchev–Trinajstić information content (AvgIpc) is 2.99. The van der Waals surface area contributed by atoms with Gasteiger partial charge in [-0.15, -0.1) is 0 Å². The van der Waals surface area contributed by atoms with Crippen LogP contribution < -0.4 is 10.6 Å². The van der Waals surface area contributed by atoms with Crippen molar-refractivity contribution in [3.8, 4) is 0 Å².